The second-order valence-electron chi connectivity index (χ2n) is 3.84. The molecular weight excluding hydrogens is 256 g/mol. The second-order valence-corrected chi connectivity index (χ2v) is 5.76. The lowest BCUT2D eigenvalue weighted by molar-refractivity contribution is 0.882. The predicted molar refractivity (Wildman–Crippen MR) is 73.8 cm³/mol. The van der Waals surface area contributed by atoms with E-state index < -0.39 is 0 Å². The Morgan fingerprint density at radius 1 is 1.65 bits per heavy atom. The van der Waals surface area contributed by atoms with Crippen molar-refractivity contribution >= 4 is 39.6 Å². The number of nitrogens with zero attached hydrogens (tertiary/aromatic N) is 1. The Bertz CT molecular complexity index is 551. The van der Waals surface area contributed by atoms with Crippen LogP contribution in [-0.4, -0.2) is 20.4 Å². The fraction of sp³-hybridized carbons (Fsp3) is 0.273. The molecule has 0 spiro atoms. The fourth-order valence-corrected chi connectivity index (χ4v) is 2.51. The molecule has 2 rings (SSSR count). The lowest BCUT2D eigenvalue weighted by atomic mass is 10.3. The Balaban J connectivity index is 2.16. The van der Waals surface area contributed by atoms with Gasteiger partial charge in [-0.25, -0.2) is 4.98 Å². The fourth-order valence-electron chi connectivity index (χ4n) is 1.66. The van der Waals surface area contributed by atoms with Crippen molar-refractivity contribution in [3.63, 3.8) is 0 Å². The summed E-state index contributed by atoms with van der Waals surface area (Å²) in [5, 5.41) is 8.27. The average molecular weight is 269 g/mol. The maximum Gasteiger partial charge on any atom is 0.151 e. The smallest absolute Gasteiger partial charge is 0.151 e. The molecule has 90 valence electrons. The highest BCUT2D eigenvalue weighted by Gasteiger charge is 2.09. The van der Waals surface area contributed by atoms with Crippen LogP contribution in [0.5, 0.6) is 0 Å². The van der Waals surface area contributed by atoms with Gasteiger partial charge >= 0.3 is 0 Å². The third-order valence-corrected chi connectivity index (χ3v) is 3.36. The minimum absolute atomic E-state index is 0.136. The van der Waals surface area contributed by atoms with E-state index in [0.29, 0.717) is 5.02 Å². The maximum absolute atomic E-state index is 7.22. The molecule has 0 bridgehead atoms. The molecule has 1 heterocycles. The monoisotopic (exact) mass is 268 g/mol. The Hall–Kier alpha value is -1.20. The summed E-state index contributed by atoms with van der Waals surface area (Å²) >= 11 is 7.24. The van der Waals surface area contributed by atoms with Crippen molar-refractivity contribution in [2.75, 3.05) is 0 Å². The van der Waals surface area contributed by atoms with E-state index >= 15 is 0 Å². The molecule has 1 atom stereocenters. The molecule has 6 heteroatoms. The van der Waals surface area contributed by atoms with Crippen LogP contribution in [0.25, 0.3) is 11.0 Å². The highest BCUT2D eigenvalue weighted by Crippen LogP contribution is 2.19. The van der Waals surface area contributed by atoms with Crippen LogP contribution in [0.3, 0.4) is 0 Å². The van der Waals surface area contributed by atoms with Crippen LogP contribution in [0.1, 0.15) is 12.7 Å². The normalized spacial score (nSPS) is 12.8. The van der Waals surface area contributed by atoms with Gasteiger partial charge in [0.2, 0.25) is 0 Å². The van der Waals surface area contributed by atoms with Crippen molar-refractivity contribution in [2.24, 2.45) is 5.73 Å². The molecule has 4 nitrogen and oxygen atoms in total. The number of amidine groups is 1. The molecule has 4 N–H and O–H groups in total. The molecule has 0 aliphatic rings. The number of nitrogens with one attached hydrogen (secondary N) is 2. The van der Waals surface area contributed by atoms with Gasteiger partial charge < -0.3 is 10.7 Å². The molecule has 0 fully saturated rings. The van der Waals surface area contributed by atoms with Crippen LogP contribution in [0.15, 0.2) is 18.2 Å². The van der Waals surface area contributed by atoms with Crippen molar-refractivity contribution in [3.8, 4) is 0 Å². The molecule has 1 aromatic carbocycles. The van der Waals surface area contributed by atoms with Gasteiger partial charge in [0.1, 0.15) is 5.82 Å². The van der Waals surface area contributed by atoms with Gasteiger partial charge in [0.05, 0.1) is 11.0 Å². The first-order chi connectivity index (χ1) is 8.04. The predicted octanol–water partition coefficient (Wildman–Crippen LogP) is 2.77. The minimum Gasteiger partial charge on any atom is -0.379 e. The zero-order chi connectivity index (χ0) is 12.4. The number of aromatic nitrogens is 2. The van der Waals surface area contributed by atoms with E-state index in [1.54, 1.807) is 0 Å². The molecule has 0 saturated heterocycles. The van der Waals surface area contributed by atoms with Crippen LogP contribution in [0.2, 0.25) is 5.02 Å². The number of hydrogen-bond donors (Lipinski definition) is 3. The lowest BCUT2D eigenvalue weighted by Gasteiger charge is -2.06. The molecular formula is C11H13ClN4S. The molecule has 0 radical (unpaired) electrons. The zero-order valence-electron chi connectivity index (χ0n) is 9.33. The van der Waals surface area contributed by atoms with Crippen LogP contribution < -0.4 is 5.73 Å². The molecule has 0 saturated carbocycles. The SMILES string of the molecule is CC(Cc1nc2ccc(Cl)cc2[nH]1)SC(=N)N. The van der Waals surface area contributed by atoms with E-state index in [0.717, 1.165) is 23.3 Å². The Kier molecular flexibility index (Phi) is 3.59. The summed E-state index contributed by atoms with van der Waals surface area (Å²) in [6.07, 6.45) is 0.747. The topological polar surface area (TPSA) is 78.5 Å². The number of nitrogens with two attached hydrogens (primary N) is 1. The summed E-state index contributed by atoms with van der Waals surface area (Å²) in [7, 11) is 0. The number of thioether (sulfide) groups is 1. The maximum atomic E-state index is 7.22. The molecule has 1 aromatic heterocycles. The number of benzene rings is 1. The van der Waals surface area contributed by atoms with E-state index in [2.05, 4.69) is 9.97 Å². The zero-order valence-corrected chi connectivity index (χ0v) is 10.9. The first kappa shape index (κ1) is 12.3. The van der Waals surface area contributed by atoms with E-state index in [4.69, 9.17) is 22.7 Å². The van der Waals surface area contributed by atoms with Crippen molar-refractivity contribution < 1.29 is 0 Å². The van der Waals surface area contributed by atoms with Crippen LogP contribution in [0, 0.1) is 5.41 Å². The van der Waals surface area contributed by atoms with Crippen molar-refractivity contribution in [3.05, 3.63) is 29.0 Å². The average Bonchev–Trinajstić information content (AvgIpc) is 2.57. The molecule has 2 aromatic rings. The number of hydrogen-bond acceptors (Lipinski definition) is 3. The number of aromatic amines is 1. The van der Waals surface area contributed by atoms with Gasteiger partial charge in [-0.3, -0.25) is 5.41 Å². The van der Waals surface area contributed by atoms with Gasteiger partial charge in [-0.1, -0.05) is 30.3 Å². The summed E-state index contributed by atoms with van der Waals surface area (Å²) in [4.78, 5) is 7.68. The molecule has 0 amide bonds. The highest BCUT2D eigenvalue weighted by molar-refractivity contribution is 8.14. The molecule has 17 heavy (non-hydrogen) atoms. The second kappa shape index (κ2) is 4.98. The largest absolute Gasteiger partial charge is 0.379 e. The van der Waals surface area contributed by atoms with Gasteiger partial charge in [-0.2, -0.15) is 0 Å². The Labute approximate surface area is 108 Å². The van der Waals surface area contributed by atoms with Gasteiger partial charge in [0.15, 0.2) is 5.17 Å². The third-order valence-electron chi connectivity index (χ3n) is 2.30. The van der Waals surface area contributed by atoms with Gasteiger partial charge in [-0.05, 0) is 18.2 Å². The van der Waals surface area contributed by atoms with Crippen LogP contribution in [-0.2, 0) is 6.42 Å². The van der Waals surface area contributed by atoms with E-state index in [1.165, 1.54) is 11.8 Å². The van der Waals surface area contributed by atoms with Gasteiger partial charge in [0.25, 0.3) is 0 Å². The Morgan fingerprint density at radius 3 is 3.12 bits per heavy atom. The summed E-state index contributed by atoms with van der Waals surface area (Å²) in [5.74, 6) is 0.892. The first-order valence-corrected chi connectivity index (χ1v) is 6.45. The van der Waals surface area contributed by atoms with Crippen molar-refractivity contribution in [1.82, 2.24) is 9.97 Å². The number of H-pyrrole nitrogens is 1. The van der Waals surface area contributed by atoms with Gasteiger partial charge in [-0.15, -0.1) is 0 Å². The molecule has 0 aliphatic carbocycles. The lowest BCUT2D eigenvalue weighted by Crippen LogP contribution is -2.12. The molecule has 0 aliphatic heterocycles. The highest BCUT2D eigenvalue weighted by atomic mass is 35.5. The van der Waals surface area contributed by atoms with E-state index in [-0.39, 0.29) is 10.4 Å². The van der Waals surface area contributed by atoms with Crippen molar-refractivity contribution in [2.45, 2.75) is 18.6 Å². The summed E-state index contributed by atoms with van der Waals surface area (Å²) in [6.45, 7) is 2.02. The molecule has 1 unspecified atom stereocenters. The first-order valence-electron chi connectivity index (χ1n) is 5.19. The quantitative estimate of drug-likeness (QED) is 0.592. The standard InChI is InChI=1S/C11H13ClN4S/c1-6(17-11(13)14)4-10-15-8-3-2-7(12)5-9(8)16-10/h2-3,5-6H,4H2,1H3,(H3,13,14)(H,15,16). The van der Waals surface area contributed by atoms with E-state index in [1.807, 2.05) is 25.1 Å². The van der Waals surface area contributed by atoms with Crippen LogP contribution >= 0.6 is 23.4 Å². The summed E-state index contributed by atoms with van der Waals surface area (Å²) in [5.41, 5.74) is 7.18. The Morgan fingerprint density at radius 2 is 2.41 bits per heavy atom. The summed E-state index contributed by atoms with van der Waals surface area (Å²) < 4.78 is 0. The van der Waals surface area contributed by atoms with Crippen LogP contribution in [0.4, 0.5) is 0 Å². The van der Waals surface area contributed by atoms with Crippen molar-refractivity contribution in [1.29, 1.82) is 5.41 Å². The number of imidazole rings is 1. The number of fused-ring (bicyclic) bond motifs is 1. The van der Waals surface area contributed by atoms with E-state index in [9.17, 15) is 0 Å². The summed E-state index contributed by atoms with van der Waals surface area (Å²) in [6, 6.07) is 5.57. The number of halogens is 1. The minimum atomic E-state index is 0.136. The number of rotatable bonds is 3. The third kappa shape index (κ3) is 3.14. The van der Waals surface area contributed by atoms with Gasteiger partial charge in [0, 0.05) is 16.7 Å².